The molecule has 0 saturated carbocycles. The van der Waals surface area contributed by atoms with Gasteiger partial charge in [0.25, 0.3) is 0 Å². The molecule has 0 fully saturated rings. The van der Waals surface area contributed by atoms with Crippen molar-refractivity contribution in [2.24, 2.45) is 0 Å². The van der Waals surface area contributed by atoms with Gasteiger partial charge in [0.1, 0.15) is 5.82 Å². The molecular formula is C16H9Cl2F. The van der Waals surface area contributed by atoms with Crippen LogP contribution in [0, 0.1) is 5.82 Å². The van der Waals surface area contributed by atoms with Crippen LogP contribution in [0.1, 0.15) is 0 Å². The highest BCUT2D eigenvalue weighted by Gasteiger charge is 2.09. The first-order chi connectivity index (χ1) is 9.16. The molecule has 0 N–H and O–H groups in total. The molecule has 0 aromatic heterocycles. The number of hydrogen-bond donors (Lipinski definition) is 0. The molecule has 0 amide bonds. The molecule has 0 radical (unpaired) electrons. The first-order valence-electron chi connectivity index (χ1n) is 5.79. The summed E-state index contributed by atoms with van der Waals surface area (Å²) in [6.45, 7) is 0. The van der Waals surface area contributed by atoms with Gasteiger partial charge in [0.2, 0.25) is 0 Å². The molecule has 3 rings (SSSR count). The van der Waals surface area contributed by atoms with E-state index >= 15 is 0 Å². The van der Waals surface area contributed by atoms with Gasteiger partial charge in [-0.1, -0.05) is 53.5 Å². The molecule has 94 valence electrons. The number of rotatable bonds is 1. The maximum atomic E-state index is 13.8. The summed E-state index contributed by atoms with van der Waals surface area (Å²) in [5.41, 5.74) is 1.69. The number of benzene rings is 3. The first-order valence-corrected chi connectivity index (χ1v) is 6.55. The highest BCUT2D eigenvalue weighted by atomic mass is 35.5. The molecule has 3 aromatic carbocycles. The van der Waals surface area contributed by atoms with Crippen LogP contribution in [0.2, 0.25) is 10.0 Å². The fourth-order valence-corrected chi connectivity index (χ4v) is 2.60. The van der Waals surface area contributed by atoms with Crippen molar-refractivity contribution in [3.63, 3.8) is 0 Å². The van der Waals surface area contributed by atoms with E-state index < -0.39 is 0 Å². The minimum atomic E-state index is -0.238. The van der Waals surface area contributed by atoms with Crippen molar-refractivity contribution >= 4 is 34.0 Å². The van der Waals surface area contributed by atoms with Gasteiger partial charge in [-0.15, -0.1) is 0 Å². The highest BCUT2D eigenvalue weighted by Crippen LogP contribution is 2.35. The largest absolute Gasteiger partial charge is 0.206 e. The van der Waals surface area contributed by atoms with Crippen LogP contribution < -0.4 is 0 Å². The second kappa shape index (κ2) is 4.84. The molecule has 0 saturated heterocycles. The number of fused-ring (bicyclic) bond motifs is 1. The molecule has 0 nitrogen and oxygen atoms in total. The Morgan fingerprint density at radius 2 is 1.47 bits per heavy atom. The first kappa shape index (κ1) is 12.5. The quantitative estimate of drug-likeness (QED) is 0.519. The molecule has 0 unspecified atom stereocenters. The van der Waals surface area contributed by atoms with Crippen molar-refractivity contribution in [1.82, 2.24) is 0 Å². The summed E-state index contributed by atoms with van der Waals surface area (Å²) in [6, 6.07) is 15.8. The minimum Gasteiger partial charge on any atom is -0.206 e. The van der Waals surface area contributed by atoms with Gasteiger partial charge < -0.3 is 0 Å². The van der Waals surface area contributed by atoms with E-state index in [-0.39, 0.29) is 5.82 Å². The Hall–Kier alpha value is -1.57. The monoisotopic (exact) mass is 290 g/mol. The van der Waals surface area contributed by atoms with Crippen molar-refractivity contribution in [3.05, 3.63) is 70.5 Å². The van der Waals surface area contributed by atoms with Crippen molar-refractivity contribution < 1.29 is 4.39 Å². The van der Waals surface area contributed by atoms with Crippen LogP contribution in [0.5, 0.6) is 0 Å². The van der Waals surface area contributed by atoms with Crippen LogP contribution >= 0.6 is 23.2 Å². The Morgan fingerprint density at radius 1 is 0.737 bits per heavy atom. The average Bonchev–Trinajstić information content (AvgIpc) is 2.42. The Balaban J connectivity index is 2.37. The van der Waals surface area contributed by atoms with Gasteiger partial charge in [0.05, 0.1) is 0 Å². The SMILES string of the molecule is Fc1cccc2c(-c3cc(Cl)ccc3Cl)cccc12. The highest BCUT2D eigenvalue weighted by molar-refractivity contribution is 6.35. The van der Waals surface area contributed by atoms with E-state index in [4.69, 9.17) is 23.2 Å². The van der Waals surface area contributed by atoms with E-state index in [1.54, 1.807) is 30.3 Å². The molecule has 0 spiro atoms. The summed E-state index contributed by atoms with van der Waals surface area (Å²) in [7, 11) is 0. The summed E-state index contributed by atoms with van der Waals surface area (Å²) in [5, 5.41) is 2.61. The fourth-order valence-electron chi connectivity index (χ4n) is 2.21. The minimum absolute atomic E-state index is 0.238. The molecule has 0 heterocycles. The molecular weight excluding hydrogens is 282 g/mol. The van der Waals surface area contributed by atoms with Crippen LogP contribution in [0.4, 0.5) is 4.39 Å². The second-order valence-electron chi connectivity index (χ2n) is 4.26. The van der Waals surface area contributed by atoms with Gasteiger partial charge in [-0.25, -0.2) is 4.39 Å². The van der Waals surface area contributed by atoms with E-state index in [0.29, 0.717) is 15.4 Å². The lowest BCUT2D eigenvalue weighted by Crippen LogP contribution is -1.85. The zero-order valence-corrected chi connectivity index (χ0v) is 11.3. The standard InChI is InChI=1S/C16H9Cl2F/c17-10-7-8-15(18)14(9-10)12-3-1-5-13-11(12)4-2-6-16(13)19/h1-9H. The summed E-state index contributed by atoms with van der Waals surface area (Å²) >= 11 is 12.2. The van der Waals surface area contributed by atoms with Gasteiger partial charge in [-0.2, -0.15) is 0 Å². The van der Waals surface area contributed by atoms with Gasteiger partial charge >= 0.3 is 0 Å². The van der Waals surface area contributed by atoms with Crippen LogP contribution in [0.3, 0.4) is 0 Å². The molecule has 3 aromatic rings. The third-order valence-electron chi connectivity index (χ3n) is 3.09. The van der Waals surface area contributed by atoms with E-state index in [1.165, 1.54) is 6.07 Å². The van der Waals surface area contributed by atoms with Gasteiger partial charge in [-0.05, 0) is 35.2 Å². The molecule has 0 aliphatic carbocycles. The fraction of sp³-hybridized carbons (Fsp3) is 0. The Kier molecular flexibility index (Phi) is 3.17. The van der Waals surface area contributed by atoms with Gasteiger partial charge in [-0.3, -0.25) is 0 Å². The van der Waals surface area contributed by atoms with Crippen LogP contribution in [0.25, 0.3) is 21.9 Å². The predicted molar refractivity (Wildman–Crippen MR) is 79.4 cm³/mol. The normalized spacial score (nSPS) is 10.9. The Bertz CT molecular complexity index is 766. The second-order valence-corrected chi connectivity index (χ2v) is 5.11. The predicted octanol–water partition coefficient (Wildman–Crippen LogP) is 5.95. The molecule has 3 heteroatoms. The van der Waals surface area contributed by atoms with Crippen molar-refractivity contribution in [2.75, 3.05) is 0 Å². The molecule has 0 bridgehead atoms. The van der Waals surface area contributed by atoms with Crippen LogP contribution in [0.15, 0.2) is 54.6 Å². The van der Waals surface area contributed by atoms with Gasteiger partial charge in [0, 0.05) is 21.0 Å². The lowest BCUT2D eigenvalue weighted by molar-refractivity contribution is 0.640. The topological polar surface area (TPSA) is 0 Å². The summed E-state index contributed by atoms with van der Waals surface area (Å²) < 4.78 is 13.8. The number of hydrogen-bond acceptors (Lipinski definition) is 0. The summed E-state index contributed by atoms with van der Waals surface area (Å²) in [5.74, 6) is -0.238. The Labute approximate surface area is 120 Å². The van der Waals surface area contributed by atoms with E-state index in [2.05, 4.69) is 0 Å². The molecule has 19 heavy (non-hydrogen) atoms. The zero-order valence-electron chi connectivity index (χ0n) is 9.83. The summed E-state index contributed by atoms with van der Waals surface area (Å²) in [4.78, 5) is 0. The van der Waals surface area contributed by atoms with Crippen molar-refractivity contribution in [2.45, 2.75) is 0 Å². The third-order valence-corrected chi connectivity index (χ3v) is 3.65. The van der Waals surface area contributed by atoms with Crippen molar-refractivity contribution in [1.29, 1.82) is 0 Å². The maximum Gasteiger partial charge on any atom is 0.131 e. The molecule has 0 aliphatic rings. The summed E-state index contributed by atoms with van der Waals surface area (Å²) in [6.07, 6.45) is 0. The zero-order chi connectivity index (χ0) is 13.4. The van der Waals surface area contributed by atoms with E-state index in [9.17, 15) is 4.39 Å². The van der Waals surface area contributed by atoms with E-state index in [1.807, 2.05) is 18.2 Å². The lowest BCUT2D eigenvalue weighted by Gasteiger charge is -2.09. The maximum absolute atomic E-state index is 13.8. The third kappa shape index (κ3) is 2.20. The number of halogens is 3. The van der Waals surface area contributed by atoms with Crippen LogP contribution in [-0.2, 0) is 0 Å². The molecule has 0 atom stereocenters. The van der Waals surface area contributed by atoms with E-state index in [0.717, 1.165) is 16.5 Å². The smallest absolute Gasteiger partial charge is 0.131 e. The molecule has 0 aliphatic heterocycles. The van der Waals surface area contributed by atoms with Crippen LogP contribution in [-0.4, -0.2) is 0 Å². The average molecular weight is 291 g/mol. The van der Waals surface area contributed by atoms with Gasteiger partial charge in [0.15, 0.2) is 0 Å². The van der Waals surface area contributed by atoms with Crippen molar-refractivity contribution in [3.8, 4) is 11.1 Å². The Morgan fingerprint density at radius 3 is 2.32 bits per heavy atom. The lowest BCUT2D eigenvalue weighted by atomic mass is 9.98.